The van der Waals surface area contributed by atoms with Crippen LogP contribution in [0.25, 0.3) is 16.8 Å². The summed E-state index contributed by atoms with van der Waals surface area (Å²) in [6, 6.07) is 17.9. The third kappa shape index (κ3) is 4.82. The molecule has 0 saturated carbocycles. The lowest BCUT2D eigenvalue weighted by molar-refractivity contribution is 0.0938. The van der Waals surface area contributed by atoms with E-state index in [-0.39, 0.29) is 11.9 Å². The number of hydrogen-bond donors (Lipinski definition) is 1. The lowest BCUT2D eigenvalue weighted by atomic mass is 10.1. The third-order valence-corrected chi connectivity index (χ3v) is 7.73. The highest BCUT2D eigenvalue weighted by Gasteiger charge is 2.25. The van der Waals surface area contributed by atoms with Crippen molar-refractivity contribution in [1.82, 2.24) is 19.9 Å². The molecule has 1 aliphatic rings. The summed E-state index contributed by atoms with van der Waals surface area (Å²) in [5.41, 5.74) is 2.98. The molecule has 4 aromatic rings. The van der Waals surface area contributed by atoms with E-state index in [2.05, 4.69) is 38.8 Å². The van der Waals surface area contributed by atoms with Crippen LogP contribution in [-0.4, -0.2) is 58.8 Å². The molecule has 1 N–H and O–H groups in total. The van der Waals surface area contributed by atoms with Gasteiger partial charge in [0.25, 0.3) is 5.91 Å². The highest BCUT2D eigenvalue weighted by molar-refractivity contribution is 7.98. The third-order valence-electron chi connectivity index (χ3n) is 5.89. The van der Waals surface area contributed by atoms with Crippen LogP contribution in [0.3, 0.4) is 0 Å². The van der Waals surface area contributed by atoms with Crippen LogP contribution >= 0.6 is 23.1 Å². The monoisotopic (exact) mass is 493 g/mol. The number of benzene rings is 1. The number of pyridine rings is 1. The minimum Gasteiger partial charge on any atom is -0.378 e. The molecule has 34 heavy (non-hydrogen) atoms. The van der Waals surface area contributed by atoms with Crippen LogP contribution in [-0.2, 0) is 4.74 Å². The molecule has 1 fully saturated rings. The van der Waals surface area contributed by atoms with Crippen molar-refractivity contribution in [2.45, 2.75) is 12.5 Å². The Morgan fingerprint density at radius 1 is 1.15 bits per heavy atom. The lowest BCUT2D eigenvalue weighted by Gasteiger charge is -2.28. The van der Waals surface area contributed by atoms with Crippen LogP contribution < -0.4 is 10.2 Å². The maximum atomic E-state index is 13.5. The molecule has 1 aromatic carbocycles. The molecular formula is C25H27N5O2S2. The van der Waals surface area contributed by atoms with E-state index in [4.69, 9.17) is 4.74 Å². The highest BCUT2D eigenvalue weighted by Crippen LogP contribution is 2.39. The molecule has 0 bridgehead atoms. The van der Waals surface area contributed by atoms with Crippen molar-refractivity contribution in [3.63, 3.8) is 0 Å². The van der Waals surface area contributed by atoms with Crippen LogP contribution in [0.15, 0.2) is 60.8 Å². The van der Waals surface area contributed by atoms with Gasteiger partial charge >= 0.3 is 0 Å². The zero-order valence-electron chi connectivity index (χ0n) is 19.0. The topological polar surface area (TPSA) is 71.8 Å². The van der Waals surface area contributed by atoms with Gasteiger partial charge in [0, 0.05) is 24.8 Å². The molecule has 1 aliphatic heterocycles. The quantitative estimate of drug-likeness (QED) is 0.389. The van der Waals surface area contributed by atoms with Crippen LogP contribution in [0.5, 0.6) is 0 Å². The minimum absolute atomic E-state index is 0.0829. The molecule has 9 heteroatoms. The van der Waals surface area contributed by atoms with Gasteiger partial charge in [-0.05, 0) is 42.2 Å². The Balaban J connectivity index is 1.46. The molecule has 5 rings (SSSR count). The number of nitrogens with one attached hydrogen (secondary N) is 1. The van der Waals surface area contributed by atoms with E-state index in [1.165, 1.54) is 0 Å². The maximum Gasteiger partial charge on any atom is 0.262 e. The lowest BCUT2D eigenvalue weighted by Crippen LogP contribution is -2.35. The molecule has 0 radical (unpaired) electrons. The Kier molecular flexibility index (Phi) is 7.13. The highest BCUT2D eigenvalue weighted by atomic mass is 32.2. The normalized spacial score (nSPS) is 14.9. The first-order valence-corrected chi connectivity index (χ1v) is 13.6. The first-order valence-electron chi connectivity index (χ1n) is 11.4. The van der Waals surface area contributed by atoms with Crippen LogP contribution in [0.4, 0.5) is 5.00 Å². The van der Waals surface area contributed by atoms with E-state index < -0.39 is 0 Å². The summed E-state index contributed by atoms with van der Waals surface area (Å²) < 4.78 is 7.51. The predicted octanol–water partition coefficient (Wildman–Crippen LogP) is 4.52. The predicted molar refractivity (Wildman–Crippen MR) is 139 cm³/mol. The first kappa shape index (κ1) is 22.9. The maximum absolute atomic E-state index is 13.5. The SMILES string of the molecule is CSCCC(NC(=O)c1cc(-c2ccccc2)c(N2CCOCC2)s1)c1nnc2ccccn12. The molecule has 1 atom stereocenters. The smallest absolute Gasteiger partial charge is 0.262 e. The first-order chi connectivity index (χ1) is 16.7. The Hall–Kier alpha value is -2.88. The number of carbonyl (C=O) groups excluding carboxylic acids is 1. The fourth-order valence-corrected chi connectivity index (χ4v) is 5.75. The molecule has 3 aromatic heterocycles. The van der Waals surface area contributed by atoms with Crippen molar-refractivity contribution in [2.24, 2.45) is 0 Å². The van der Waals surface area contributed by atoms with Crippen molar-refractivity contribution in [2.75, 3.05) is 43.2 Å². The number of aromatic nitrogens is 3. The van der Waals surface area contributed by atoms with Gasteiger partial charge in [-0.1, -0.05) is 36.4 Å². The number of anilines is 1. The van der Waals surface area contributed by atoms with E-state index >= 15 is 0 Å². The number of amides is 1. The van der Waals surface area contributed by atoms with E-state index in [1.807, 2.05) is 53.1 Å². The number of carbonyl (C=O) groups is 1. The van der Waals surface area contributed by atoms with Gasteiger partial charge in [-0.15, -0.1) is 21.5 Å². The van der Waals surface area contributed by atoms with Gasteiger partial charge in [-0.2, -0.15) is 11.8 Å². The number of thiophene rings is 1. The number of nitrogens with zero attached hydrogens (tertiary/aromatic N) is 4. The summed E-state index contributed by atoms with van der Waals surface area (Å²) in [6.07, 6.45) is 4.79. The summed E-state index contributed by atoms with van der Waals surface area (Å²) >= 11 is 3.30. The Bertz CT molecular complexity index is 1250. The van der Waals surface area contributed by atoms with Crippen molar-refractivity contribution in [3.05, 3.63) is 71.5 Å². The van der Waals surface area contributed by atoms with E-state index in [0.717, 1.165) is 52.9 Å². The summed E-state index contributed by atoms with van der Waals surface area (Å²) in [6.45, 7) is 3.04. The zero-order chi connectivity index (χ0) is 23.3. The number of ether oxygens (including phenoxy) is 1. The molecular weight excluding hydrogens is 466 g/mol. The Labute approximate surface area is 207 Å². The molecule has 4 heterocycles. The second-order valence-electron chi connectivity index (χ2n) is 8.09. The van der Waals surface area contributed by atoms with Gasteiger partial charge in [0.2, 0.25) is 0 Å². The van der Waals surface area contributed by atoms with Gasteiger partial charge in [0.1, 0.15) is 0 Å². The van der Waals surface area contributed by atoms with Crippen molar-refractivity contribution >= 4 is 39.7 Å². The zero-order valence-corrected chi connectivity index (χ0v) is 20.6. The molecule has 0 spiro atoms. The molecule has 7 nitrogen and oxygen atoms in total. The van der Waals surface area contributed by atoms with Crippen molar-refractivity contribution < 1.29 is 9.53 Å². The van der Waals surface area contributed by atoms with E-state index in [9.17, 15) is 4.79 Å². The van der Waals surface area contributed by atoms with Gasteiger partial charge in [-0.3, -0.25) is 9.20 Å². The Morgan fingerprint density at radius 3 is 2.74 bits per heavy atom. The fourth-order valence-electron chi connectivity index (χ4n) is 4.15. The van der Waals surface area contributed by atoms with Gasteiger partial charge < -0.3 is 15.0 Å². The second kappa shape index (κ2) is 10.6. The number of hydrogen-bond acceptors (Lipinski definition) is 7. The molecule has 1 amide bonds. The van der Waals surface area contributed by atoms with Gasteiger partial charge in [0.15, 0.2) is 11.5 Å². The van der Waals surface area contributed by atoms with Crippen LogP contribution in [0.2, 0.25) is 0 Å². The number of thioether (sulfide) groups is 1. The average molecular weight is 494 g/mol. The number of fused-ring (bicyclic) bond motifs is 1. The van der Waals surface area contributed by atoms with Crippen LogP contribution in [0.1, 0.15) is 28.0 Å². The average Bonchev–Trinajstić information content (AvgIpc) is 3.53. The van der Waals surface area contributed by atoms with E-state index in [1.54, 1.807) is 23.1 Å². The van der Waals surface area contributed by atoms with Gasteiger partial charge in [0.05, 0.1) is 29.1 Å². The molecule has 1 saturated heterocycles. The summed E-state index contributed by atoms with van der Waals surface area (Å²) in [5, 5.41) is 13.1. The summed E-state index contributed by atoms with van der Waals surface area (Å²) in [4.78, 5) is 16.5. The molecule has 1 unspecified atom stereocenters. The van der Waals surface area contributed by atoms with Crippen molar-refractivity contribution in [1.29, 1.82) is 0 Å². The molecule has 176 valence electrons. The van der Waals surface area contributed by atoms with Gasteiger partial charge in [-0.25, -0.2) is 0 Å². The summed E-state index contributed by atoms with van der Waals surface area (Å²) in [7, 11) is 0. The standard InChI is InChI=1S/C25H27N5O2S2/c1-33-16-10-20(23-28-27-22-9-5-6-11-30(22)23)26-24(31)21-17-19(18-7-3-2-4-8-18)25(34-21)29-12-14-32-15-13-29/h2-9,11,17,20H,10,12-16H2,1H3,(H,26,31). The van der Waals surface area contributed by atoms with Crippen molar-refractivity contribution in [3.8, 4) is 11.1 Å². The Morgan fingerprint density at radius 2 is 1.94 bits per heavy atom. The second-order valence-corrected chi connectivity index (χ2v) is 10.1. The summed E-state index contributed by atoms with van der Waals surface area (Å²) in [5.74, 6) is 1.58. The fraction of sp³-hybridized carbons (Fsp3) is 0.320. The molecule has 0 aliphatic carbocycles. The number of rotatable bonds is 8. The minimum atomic E-state index is -0.230. The number of morpholine rings is 1. The van der Waals surface area contributed by atoms with E-state index in [0.29, 0.717) is 18.1 Å². The van der Waals surface area contributed by atoms with Crippen LogP contribution in [0, 0.1) is 0 Å². The largest absolute Gasteiger partial charge is 0.378 e.